The summed E-state index contributed by atoms with van der Waals surface area (Å²) in [5.74, 6) is 1.10. The van der Waals surface area contributed by atoms with Gasteiger partial charge in [0.15, 0.2) is 0 Å². The Kier molecular flexibility index (Phi) is 3.66. The Labute approximate surface area is 101 Å². The molecule has 1 aromatic rings. The number of aryl methyl sites for hydroxylation is 2. The molecule has 1 aliphatic heterocycles. The van der Waals surface area contributed by atoms with Gasteiger partial charge < -0.3 is 9.47 Å². The first kappa shape index (κ1) is 11.7. The highest BCUT2D eigenvalue weighted by Crippen LogP contribution is 2.25. The van der Waals surface area contributed by atoms with Crippen LogP contribution in [0.5, 0.6) is 5.88 Å². The molecule has 1 aliphatic rings. The Morgan fingerprint density at radius 2 is 2.38 bits per heavy atom. The van der Waals surface area contributed by atoms with Gasteiger partial charge in [-0.15, -0.1) is 11.6 Å². The summed E-state index contributed by atoms with van der Waals surface area (Å²) in [5.41, 5.74) is 3.08. The number of halogens is 1. The third kappa shape index (κ3) is 2.47. The predicted octanol–water partition coefficient (Wildman–Crippen LogP) is 2.60. The molecule has 1 unspecified atom stereocenters. The molecule has 0 N–H and O–H groups in total. The van der Waals surface area contributed by atoms with Crippen LogP contribution in [-0.4, -0.2) is 24.3 Å². The molecule has 0 bridgehead atoms. The van der Waals surface area contributed by atoms with E-state index in [4.69, 9.17) is 21.1 Å². The summed E-state index contributed by atoms with van der Waals surface area (Å²) in [4.78, 5) is 4.41. The van der Waals surface area contributed by atoms with Gasteiger partial charge in [0.1, 0.15) is 6.10 Å². The summed E-state index contributed by atoms with van der Waals surface area (Å²) in [6.45, 7) is 5.41. The molecule has 88 valence electrons. The van der Waals surface area contributed by atoms with E-state index >= 15 is 0 Å². The van der Waals surface area contributed by atoms with Crippen LogP contribution in [-0.2, 0) is 10.6 Å². The van der Waals surface area contributed by atoms with Gasteiger partial charge in [0.2, 0.25) is 5.88 Å². The SMILES string of the molecule is Cc1cc(C)c(CCl)c(OC2CCOC2)n1. The van der Waals surface area contributed by atoms with Gasteiger partial charge in [0, 0.05) is 17.7 Å². The molecule has 4 heteroatoms. The lowest BCUT2D eigenvalue weighted by Gasteiger charge is -2.15. The van der Waals surface area contributed by atoms with Crippen LogP contribution in [0.15, 0.2) is 6.07 Å². The van der Waals surface area contributed by atoms with E-state index in [-0.39, 0.29) is 6.10 Å². The monoisotopic (exact) mass is 241 g/mol. The smallest absolute Gasteiger partial charge is 0.218 e. The van der Waals surface area contributed by atoms with Gasteiger partial charge >= 0.3 is 0 Å². The van der Waals surface area contributed by atoms with Gasteiger partial charge in [-0.05, 0) is 25.5 Å². The number of alkyl halides is 1. The molecular weight excluding hydrogens is 226 g/mol. The van der Waals surface area contributed by atoms with Crippen LogP contribution in [0.1, 0.15) is 23.2 Å². The highest BCUT2D eigenvalue weighted by Gasteiger charge is 2.20. The van der Waals surface area contributed by atoms with E-state index in [9.17, 15) is 0 Å². The molecule has 3 nitrogen and oxygen atoms in total. The van der Waals surface area contributed by atoms with Gasteiger partial charge in [0.25, 0.3) is 0 Å². The first-order valence-corrected chi connectivity index (χ1v) is 6.01. The van der Waals surface area contributed by atoms with Gasteiger partial charge in [-0.1, -0.05) is 0 Å². The van der Waals surface area contributed by atoms with Crippen molar-refractivity contribution >= 4 is 11.6 Å². The zero-order valence-electron chi connectivity index (χ0n) is 9.62. The number of hydrogen-bond acceptors (Lipinski definition) is 3. The number of nitrogens with zero attached hydrogens (tertiary/aromatic N) is 1. The van der Waals surface area contributed by atoms with Crippen molar-refractivity contribution in [3.63, 3.8) is 0 Å². The molecule has 16 heavy (non-hydrogen) atoms. The van der Waals surface area contributed by atoms with Crippen LogP contribution in [0.25, 0.3) is 0 Å². The number of pyridine rings is 1. The minimum atomic E-state index is 0.121. The maximum Gasteiger partial charge on any atom is 0.218 e. The van der Waals surface area contributed by atoms with Crippen LogP contribution in [0.2, 0.25) is 0 Å². The highest BCUT2D eigenvalue weighted by molar-refractivity contribution is 6.17. The molecule has 0 aliphatic carbocycles. The van der Waals surface area contributed by atoms with Crippen molar-refractivity contribution in [2.45, 2.75) is 32.3 Å². The molecule has 1 aromatic heterocycles. The van der Waals surface area contributed by atoms with E-state index in [2.05, 4.69) is 4.98 Å². The summed E-state index contributed by atoms with van der Waals surface area (Å²) >= 11 is 5.92. The fourth-order valence-corrected chi connectivity index (χ4v) is 2.18. The molecule has 2 rings (SSSR count). The molecule has 1 saturated heterocycles. The Morgan fingerprint density at radius 1 is 1.56 bits per heavy atom. The average Bonchev–Trinajstić information content (AvgIpc) is 2.70. The largest absolute Gasteiger partial charge is 0.472 e. The first-order valence-electron chi connectivity index (χ1n) is 5.48. The van der Waals surface area contributed by atoms with E-state index in [1.807, 2.05) is 19.9 Å². The zero-order chi connectivity index (χ0) is 11.5. The maximum atomic E-state index is 5.92. The minimum Gasteiger partial charge on any atom is -0.472 e. The van der Waals surface area contributed by atoms with E-state index in [0.29, 0.717) is 18.4 Å². The normalized spacial score (nSPS) is 20.1. The number of ether oxygens (including phenoxy) is 2. The topological polar surface area (TPSA) is 31.4 Å². The van der Waals surface area contributed by atoms with Crippen molar-refractivity contribution in [2.24, 2.45) is 0 Å². The van der Waals surface area contributed by atoms with Crippen molar-refractivity contribution in [1.29, 1.82) is 0 Å². The van der Waals surface area contributed by atoms with Crippen LogP contribution >= 0.6 is 11.6 Å². The molecule has 0 aromatic carbocycles. The fraction of sp³-hybridized carbons (Fsp3) is 0.583. The first-order chi connectivity index (χ1) is 7.70. The van der Waals surface area contributed by atoms with Crippen LogP contribution in [0.3, 0.4) is 0 Å². The molecule has 1 fully saturated rings. The average molecular weight is 242 g/mol. The van der Waals surface area contributed by atoms with Gasteiger partial charge in [0.05, 0.1) is 19.1 Å². The van der Waals surface area contributed by atoms with E-state index in [0.717, 1.165) is 29.8 Å². The summed E-state index contributed by atoms with van der Waals surface area (Å²) in [6, 6.07) is 2.02. The Morgan fingerprint density at radius 3 is 3.00 bits per heavy atom. The standard InChI is InChI=1S/C12H16ClNO2/c1-8-5-9(2)14-12(11(8)6-13)16-10-3-4-15-7-10/h5,10H,3-4,6-7H2,1-2H3. The van der Waals surface area contributed by atoms with Crippen molar-refractivity contribution in [1.82, 2.24) is 4.98 Å². The third-order valence-corrected chi connectivity index (χ3v) is 3.00. The lowest BCUT2D eigenvalue weighted by atomic mass is 10.1. The van der Waals surface area contributed by atoms with E-state index < -0.39 is 0 Å². The van der Waals surface area contributed by atoms with Crippen LogP contribution < -0.4 is 4.74 Å². The quantitative estimate of drug-likeness (QED) is 0.763. The van der Waals surface area contributed by atoms with Gasteiger partial charge in [-0.3, -0.25) is 0 Å². The highest BCUT2D eigenvalue weighted by atomic mass is 35.5. The lowest BCUT2D eigenvalue weighted by Crippen LogP contribution is -2.18. The summed E-state index contributed by atoms with van der Waals surface area (Å²) < 4.78 is 11.1. The van der Waals surface area contributed by atoms with Crippen molar-refractivity contribution in [3.8, 4) is 5.88 Å². The Balaban J connectivity index is 2.23. The third-order valence-electron chi connectivity index (χ3n) is 2.74. The molecule has 1 atom stereocenters. The van der Waals surface area contributed by atoms with E-state index in [1.165, 1.54) is 0 Å². The molecule has 0 amide bonds. The second kappa shape index (κ2) is 5.02. The number of hydrogen-bond donors (Lipinski definition) is 0. The van der Waals surface area contributed by atoms with Crippen molar-refractivity contribution < 1.29 is 9.47 Å². The molecule has 2 heterocycles. The minimum absolute atomic E-state index is 0.121. The molecule has 0 spiro atoms. The fourth-order valence-electron chi connectivity index (χ4n) is 1.85. The second-order valence-corrected chi connectivity index (χ2v) is 4.37. The van der Waals surface area contributed by atoms with Crippen molar-refractivity contribution in [2.75, 3.05) is 13.2 Å². The van der Waals surface area contributed by atoms with Crippen LogP contribution in [0, 0.1) is 13.8 Å². The Bertz CT molecular complexity index is 376. The number of rotatable bonds is 3. The zero-order valence-corrected chi connectivity index (χ0v) is 10.4. The summed E-state index contributed by atoms with van der Waals surface area (Å²) in [7, 11) is 0. The van der Waals surface area contributed by atoms with Crippen LogP contribution in [0.4, 0.5) is 0 Å². The number of aromatic nitrogens is 1. The summed E-state index contributed by atoms with van der Waals surface area (Å²) in [6.07, 6.45) is 1.05. The van der Waals surface area contributed by atoms with Gasteiger partial charge in [-0.2, -0.15) is 0 Å². The lowest BCUT2D eigenvalue weighted by molar-refractivity contribution is 0.137. The molecule has 0 saturated carbocycles. The van der Waals surface area contributed by atoms with E-state index in [1.54, 1.807) is 0 Å². The molecule has 0 radical (unpaired) electrons. The molecular formula is C12H16ClNO2. The Hall–Kier alpha value is -0.800. The second-order valence-electron chi connectivity index (χ2n) is 4.10. The predicted molar refractivity (Wildman–Crippen MR) is 63.1 cm³/mol. The van der Waals surface area contributed by atoms with Crippen molar-refractivity contribution in [3.05, 3.63) is 22.9 Å². The van der Waals surface area contributed by atoms with Gasteiger partial charge in [-0.25, -0.2) is 4.98 Å². The summed E-state index contributed by atoms with van der Waals surface area (Å²) in [5, 5.41) is 0. The maximum absolute atomic E-state index is 5.92.